The summed E-state index contributed by atoms with van der Waals surface area (Å²) in [5.74, 6) is -1.65. The molecule has 1 heterocycles. The van der Waals surface area contributed by atoms with Gasteiger partial charge in [0.05, 0.1) is 17.4 Å². The lowest BCUT2D eigenvalue weighted by atomic mass is 10.2. The number of aliphatic carboxylic acids is 1. The summed E-state index contributed by atoms with van der Waals surface area (Å²) in [6.45, 7) is -0.285. The summed E-state index contributed by atoms with van der Waals surface area (Å²) < 4.78 is 1.18. The number of carboxylic acid groups (broad SMARTS) is 1. The van der Waals surface area contributed by atoms with Crippen molar-refractivity contribution < 1.29 is 19.8 Å². The second-order valence-corrected chi connectivity index (χ2v) is 3.79. The molecule has 7 nitrogen and oxygen atoms in total. The lowest BCUT2D eigenvalue weighted by Crippen LogP contribution is -2.12. The fraction of sp³-hybridized carbons (Fsp3) is 0.0833. The molecule has 1 aromatic heterocycles. The second-order valence-electron chi connectivity index (χ2n) is 3.79. The van der Waals surface area contributed by atoms with Crippen molar-refractivity contribution in [3.63, 3.8) is 0 Å². The average Bonchev–Trinajstić information content (AvgIpc) is 2.76. The van der Waals surface area contributed by atoms with Gasteiger partial charge in [-0.3, -0.25) is 14.3 Å². The molecular weight excluding hydrogens is 250 g/mol. The van der Waals surface area contributed by atoms with Crippen molar-refractivity contribution in [1.82, 2.24) is 9.78 Å². The zero-order valence-corrected chi connectivity index (χ0v) is 9.78. The van der Waals surface area contributed by atoms with E-state index in [1.54, 1.807) is 12.1 Å². The highest BCUT2D eigenvalue weighted by Crippen LogP contribution is 2.17. The van der Waals surface area contributed by atoms with Crippen molar-refractivity contribution in [2.45, 2.75) is 6.54 Å². The van der Waals surface area contributed by atoms with Crippen LogP contribution in [-0.2, 0) is 11.3 Å². The van der Waals surface area contributed by atoms with Crippen LogP contribution in [0.1, 0.15) is 10.4 Å². The van der Waals surface area contributed by atoms with E-state index in [0.717, 1.165) is 0 Å². The number of rotatable bonds is 4. The van der Waals surface area contributed by atoms with Crippen molar-refractivity contribution in [1.29, 1.82) is 0 Å². The highest BCUT2D eigenvalue weighted by Gasteiger charge is 2.11. The quantitative estimate of drug-likeness (QED) is 0.759. The smallest absolute Gasteiger partial charge is 0.325 e. The first-order valence-corrected chi connectivity index (χ1v) is 5.40. The lowest BCUT2D eigenvalue weighted by Gasteiger charge is -2.03. The maximum Gasteiger partial charge on any atom is 0.325 e. The minimum Gasteiger partial charge on any atom is -0.507 e. The summed E-state index contributed by atoms with van der Waals surface area (Å²) >= 11 is 0. The molecule has 0 unspecified atom stereocenters. The van der Waals surface area contributed by atoms with Gasteiger partial charge in [0.2, 0.25) is 0 Å². The van der Waals surface area contributed by atoms with E-state index in [0.29, 0.717) is 5.69 Å². The molecule has 19 heavy (non-hydrogen) atoms. The second kappa shape index (κ2) is 5.21. The third-order valence-corrected chi connectivity index (χ3v) is 2.34. The first-order chi connectivity index (χ1) is 9.06. The van der Waals surface area contributed by atoms with Gasteiger partial charge < -0.3 is 15.5 Å². The van der Waals surface area contributed by atoms with Crippen LogP contribution in [0.15, 0.2) is 36.7 Å². The molecule has 2 rings (SSSR count). The standard InChI is InChI=1S/C12H11N3O4/c16-10-4-2-1-3-9(10)12(19)14-8-5-13-15(6-8)7-11(17)18/h1-6,16H,7H2,(H,14,19)(H,17,18). The number of hydrogen-bond acceptors (Lipinski definition) is 4. The first-order valence-electron chi connectivity index (χ1n) is 5.40. The van der Waals surface area contributed by atoms with Gasteiger partial charge in [0.1, 0.15) is 12.3 Å². The fourth-order valence-corrected chi connectivity index (χ4v) is 1.52. The number of nitrogens with zero attached hydrogens (tertiary/aromatic N) is 2. The minimum absolute atomic E-state index is 0.127. The Kier molecular flexibility index (Phi) is 3.46. The molecule has 0 aliphatic heterocycles. The highest BCUT2D eigenvalue weighted by atomic mass is 16.4. The van der Waals surface area contributed by atoms with Gasteiger partial charge in [-0.25, -0.2) is 0 Å². The van der Waals surface area contributed by atoms with Crippen LogP contribution in [0.3, 0.4) is 0 Å². The zero-order chi connectivity index (χ0) is 13.8. The monoisotopic (exact) mass is 261 g/mol. The number of hydrogen-bond donors (Lipinski definition) is 3. The van der Waals surface area contributed by atoms with Crippen LogP contribution < -0.4 is 5.32 Å². The van der Waals surface area contributed by atoms with E-state index in [1.807, 2.05) is 0 Å². The number of aromatic nitrogens is 2. The van der Waals surface area contributed by atoms with Crippen molar-refractivity contribution in [3.05, 3.63) is 42.2 Å². The highest BCUT2D eigenvalue weighted by molar-refractivity contribution is 6.05. The molecular formula is C12H11N3O4. The maximum atomic E-state index is 11.8. The Morgan fingerprint density at radius 2 is 2.05 bits per heavy atom. The van der Waals surface area contributed by atoms with Crippen LogP contribution in [0.25, 0.3) is 0 Å². The third kappa shape index (κ3) is 3.09. The number of carboxylic acids is 1. The normalized spacial score (nSPS) is 10.1. The molecule has 0 saturated heterocycles. The van der Waals surface area contributed by atoms with Crippen LogP contribution in [0.5, 0.6) is 5.75 Å². The Balaban J connectivity index is 2.09. The minimum atomic E-state index is -1.03. The summed E-state index contributed by atoms with van der Waals surface area (Å²) in [6.07, 6.45) is 2.73. The number of amides is 1. The van der Waals surface area contributed by atoms with Gasteiger partial charge in [0.15, 0.2) is 0 Å². The van der Waals surface area contributed by atoms with Gasteiger partial charge in [0.25, 0.3) is 5.91 Å². The zero-order valence-electron chi connectivity index (χ0n) is 9.78. The molecule has 0 fully saturated rings. The molecule has 0 aliphatic rings. The number of carbonyl (C=O) groups is 2. The van der Waals surface area contributed by atoms with Crippen LogP contribution in [0, 0.1) is 0 Å². The van der Waals surface area contributed by atoms with E-state index in [-0.39, 0.29) is 17.9 Å². The molecule has 0 bridgehead atoms. The molecule has 1 amide bonds. The predicted molar refractivity (Wildman–Crippen MR) is 65.9 cm³/mol. The number of anilines is 1. The average molecular weight is 261 g/mol. The fourth-order valence-electron chi connectivity index (χ4n) is 1.52. The van der Waals surface area contributed by atoms with Crippen molar-refractivity contribution >= 4 is 17.6 Å². The Labute approximate surface area is 108 Å². The van der Waals surface area contributed by atoms with E-state index in [9.17, 15) is 14.7 Å². The van der Waals surface area contributed by atoms with Gasteiger partial charge in [-0.2, -0.15) is 5.10 Å². The van der Waals surface area contributed by atoms with E-state index in [4.69, 9.17) is 5.11 Å². The molecule has 98 valence electrons. The Bertz CT molecular complexity index is 621. The van der Waals surface area contributed by atoms with Gasteiger partial charge in [0, 0.05) is 6.20 Å². The van der Waals surface area contributed by atoms with E-state index in [2.05, 4.69) is 10.4 Å². The van der Waals surface area contributed by atoms with Gasteiger partial charge in [-0.1, -0.05) is 12.1 Å². The number of carbonyl (C=O) groups excluding carboxylic acids is 1. The summed E-state index contributed by atoms with van der Waals surface area (Å²) in [6, 6.07) is 6.12. The molecule has 0 saturated carbocycles. The number of benzene rings is 1. The first kappa shape index (κ1) is 12.6. The number of aromatic hydroxyl groups is 1. The van der Waals surface area contributed by atoms with Crippen LogP contribution in [0.2, 0.25) is 0 Å². The number of nitrogens with one attached hydrogen (secondary N) is 1. The van der Waals surface area contributed by atoms with Gasteiger partial charge >= 0.3 is 5.97 Å². The molecule has 1 aromatic carbocycles. The lowest BCUT2D eigenvalue weighted by molar-refractivity contribution is -0.137. The van der Waals surface area contributed by atoms with Gasteiger partial charge in [-0.15, -0.1) is 0 Å². The number of phenols is 1. The number of para-hydroxylation sites is 1. The Morgan fingerprint density at radius 3 is 2.74 bits per heavy atom. The van der Waals surface area contributed by atoms with Crippen LogP contribution in [-0.4, -0.2) is 31.9 Å². The molecule has 0 radical (unpaired) electrons. The SMILES string of the molecule is O=C(O)Cn1cc(NC(=O)c2ccccc2O)cn1. The summed E-state index contributed by atoms with van der Waals surface area (Å²) in [5.41, 5.74) is 0.489. The Hall–Kier alpha value is -2.83. The molecule has 3 N–H and O–H groups in total. The van der Waals surface area contributed by atoms with Crippen molar-refractivity contribution in [2.24, 2.45) is 0 Å². The van der Waals surface area contributed by atoms with Gasteiger partial charge in [-0.05, 0) is 12.1 Å². The number of phenolic OH excluding ortho intramolecular Hbond substituents is 1. The molecule has 0 atom stereocenters. The molecule has 7 heteroatoms. The van der Waals surface area contributed by atoms with E-state index in [1.165, 1.54) is 29.2 Å². The third-order valence-electron chi connectivity index (χ3n) is 2.34. The van der Waals surface area contributed by atoms with Crippen LogP contribution in [0.4, 0.5) is 5.69 Å². The van der Waals surface area contributed by atoms with Crippen LogP contribution >= 0.6 is 0 Å². The summed E-state index contributed by atoms with van der Waals surface area (Å²) in [4.78, 5) is 22.3. The van der Waals surface area contributed by atoms with E-state index >= 15 is 0 Å². The molecule has 2 aromatic rings. The van der Waals surface area contributed by atoms with Crippen molar-refractivity contribution in [2.75, 3.05) is 5.32 Å². The maximum absolute atomic E-state index is 11.8. The summed E-state index contributed by atoms with van der Waals surface area (Å²) in [5, 5.41) is 24.4. The van der Waals surface area contributed by atoms with E-state index < -0.39 is 11.9 Å². The summed E-state index contributed by atoms with van der Waals surface area (Å²) in [7, 11) is 0. The Morgan fingerprint density at radius 1 is 1.32 bits per heavy atom. The predicted octanol–water partition coefficient (Wildman–Crippen LogP) is 0.926. The molecule has 0 aliphatic carbocycles. The van der Waals surface area contributed by atoms with Crippen molar-refractivity contribution in [3.8, 4) is 5.75 Å². The largest absolute Gasteiger partial charge is 0.507 e. The topological polar surface area (TPSA) is 104 Å². The molecule has 0 spiro atoms.